The molecular formula is C15H14N4OS. The molecule has 0 aliphatic heterocycles. The molecule has 0 atom stereocenters. The molecule has 6 heteroatoms. The molecule has 0 aliphatic carbocycles. The summed E-state index contributed by atoms with van der Waals surface area (Å²) in [4.78, 5) is 10.3. The summed E-state index contributed by atoms with van der Waals surface area (Å²) in [6, 6.07) is 13.6. The number of nitrogens with zero attached hydrogens (tertiary/aromatic N) is 2. The number of methoxy groups -OCH3 is 1. The molecule has 106 valence electrons. The molecule has 0 unspecified atom stereocenters. The van der Waals surface area contributed by atoms with Gasteiger partial charge in [0.15, 0.2) is 0 Å². The number of ether oxygens (including phenoxy) is 1. The Labute approximate surface area is 126 Å². The highest BCUT2D eigenvalue weighted by Crippen LogP contribution is 2.36. The van der Waals surface area contributed by atoms with E-state index in [1.165, 1.54) is 0 Å². The second-order valence-electron chi connectivity index (χ2n) is 4.40. The molecule has 0 saturated heterocycles. The molecular weight excluding hydrogens is 284 g/mol. The lowest BCUT2D eigenvalue weighted by Crippen LogP contribution is -2.01. The first-order chi connectivity index (χ1) is 10.2. The average Bonchev–Trinajstić information content (AvgIpc) is 2.47. The van der Waals surface area contributed by atoms with E-state index in [1.807, 2.05) is 42.5 Å². The summed E-state index contributed by atoms with van der Waals surface area (Å²) in [6.07, 6.45) is 0. The van der Waals surface area contributed by atoms with Crippen molar-refractivity contribution in [3.05, 3.63) is 42.5 Å². The predicted octanol–water partition coefficient (Wildman–Crippen LogP) is 2.95. The minimum atomic E-state index is 0.184. The molecule has 4 N–H and O–H groups in total. The first-order valence-electron chi connectivity index (χ1n) is 6.31. The van der Waals surface area contributed by atoms with E-state index in [9.17, 15) is 0 Å². The van der Waals surface area contributed by atoms with Gasteiger partial charge in [-0.05, 0) is 30.3 Å². The van der Waals surface area contributed by atoms with Gasteiger partial charge in [0.25, 0.3) is 0 Å². The number of benzene rings is 2. The molecule has 0 bridgehead atoms. The first-order valence-corrected chi connectivity index (χ1v) is 7.12. The Bertz CT molecular complexity index is 807. The number of anilines is 2. The Morgan fingerprint density at radius 1 is 1.05 bits per heavy atom. The smallest absolute Gasteiger partial charge is 0.222 e. The van der Waals surface area contributed by atoms with E-state index in [1.54, 1.807) is 18.9 Å². The lowest BCUT2D eigenvalue weighted by Gasteiger charge is -2.09. The van der Waals surface area contributed by atoms with E-state index in [4.69, 9.17) is 16.2 Å². The van der Waals surface area contributed by atoms with Crippen molar-refractivity contribution in [1.82, 2.24) is 9.97 Å². The van der Waals surface area contributed by atoms with Crippen LogP contribution >= 0.6 is 11.8 Å². The van der Waals surface area contributed by atoms with Gasteiger partial charge in [-0.15, -0.1) is 0 Å². The normalized spacial score (nSPS) is 10.7. The van der Waals surface area contributed by atoms with Crippen LogP contribution in [-0.2, 0) is 0 Å². The number of nitrogens with two attached hydrogens (primary N) is 2. The van der Waals surface area contributed by atoms with Crippen molar-refractivity contribution >= 4 is 34.4 Å². The van der Waals surface area contributed by atoms with Crippen LogP contribution in [0.25, 0.3) is 10.9 Å². The van der Waals surface area contributed by atoms with Crippen molar-refractivity contribution < 1.29 is 4.74 Å². The number of rotatable bonds is 3. The molecule has 1 aromatic heterocycles. The molecule has 2 aromatic carbocycles. The second-order valence-corrected chi connectivity index (χ2v) is 5.51. The number of hydrogen-bond donors (Lipinski definition) is 2. The topological polar surface area (TPSA) is 87.0 Å². The van der Waals surface area contributed by atoms with E-state index in [0.717, 1.165) is 26.4 Å². The third-order valence-corrected chi connectivity index (χ3v) is 4.05. The van der Waals surface area contributed by atoms with Gasteiger partial charge in [0.1, 0.15) is 11.6 Å². The predicted molar refractivity (Wildman–Crippen MR) is 85.5 cm³/mol. The quantitative estimate of drug-likeness (QED) is 0.773. The number of nitrogen functional groups attached to an aromatic ring is 2. The summed E-state index contributed by atoms with van der Waals surface area (Å²) in [7, 11) is 1.65. The lowest BCUT2D eigenvalue weighted by molar-refractivity contribution is 0.413. The van der Waals surface area contributed by atoms with Gasteiger partial charge in [0.2, 0.25) is 5.95 Å². The zero-order chi connectivity index (χ0) is 14.8. The Balaban J connectivity index is 2.08. The van der Waals surface area contributed by atoms with Gasteiger partial charge < -0.3 is 16.2 Å². The van der Waals surface area contributed by atoms with Gasteiger partial charge in [-0.2, -0.15) is 4.98 Å². The monoisotopic (exact) mass is 298 g/mol. The van der Waals surface area contributed by atoms with E-state index in [0.29, 0.717) is 5.82 Å². The van der Waals surface area contributed by atoms with Gasteiger partial charge in [0, 0.05) is 9.79 Å². The van der Waals surface area contributed by atoms with Crippen molar-refractivity contribution in [3.8, 4) is 5.75 Å². The van der Waals surface area contributed by atoms with Crippen LogP contribution in [0.3, 0.4) is 0 Å². The molecule has 5 nitrogen and oxygen atoms in total. The minimum absolute atomic E-state index is 0.184. The van der Waals surface area contributed by atoms with Gasteiger partial charge >= 0.3 is 0 Å². The Kier molecular flexibility index (Phi) is 3.53. The van der Waals surface area contributed by atoms with Crippen LogP contribution in [0.5, 0.6) is 5.75 Å². The van der Waals surface area contributed by atoms with Crippen LogP contribution in [0.1, 0.15) is 0 Å². The van der Waals surface area contributed by atoms with Crippen LogP contribution < -0.4 is 16.2 Å². The fraction of sp³-hybridized carbons (Fsp3) is 0.0667. The number of fused-ring (bicyclic) bond motifs is 1. The van der Waals surface area contributed by atoms with Crippen LogP contribution in [0, 0.1) is 0 Å². The van der Waals surface area contributed by atoms with Crippen LogP contribution in [0.4, 0.5) is 11.8 Å². The Hall–Kier alpha value is -2.47. The average molecular weight is 298 g/mol. The Morgan fingerprint density at radius 3 is 2.67 bits per heavy atom. The summed E-state index contributed by atoms with van der Waals surface area (Å²) in [5.41, 5.74) is 12.4. The van der Waals surface area contributed by atoms with E-state index >= 15 is 0 Å². The van der Waals surface area contributed by atoms with Crippen molar-refractivity contribution in [2.45, 2.75) is 9.79 Å². The molecule has 1 heterocycles. The zero-order valence-electron chi connectivity index (χ0n) is 11.4. The number of hydrogen-bond acceptors (Lipinski definition) is 6. The maximum atomic E-state index is 6.00. The van der Waals surface area contributed by atoms with Gasteiger partial charge in [-0.25, -0.2) is 4.98 Å². The maximum absolute atomic E-state index is 6.00. The third-order valence-electron chi connectivity index (χ3n) is 3.00. The highest BCUT2D eigenvalue weighted by molar-refractivity contribution is 7.99. The summed E-state index contributed by atoms with van der Waals surface area (Å²) in [5.74, 6) is 1.39. The summed E-state index contributed by atoms with van der Waals surface area (Å²) < 4.78 is 5.24. The van der Waals surface area contributed by atoms with Crippen molar-refractivity contribution in [1.29, 1.82) is 0 Å². The van der Waals surface area contributed by atoms with E-state index in [2.05, 4.69) is 9.97 Å². The molecule has 21 heavy (non-hydrogen) atoms. The molecule has 3 rings (SSSR count). The lowest BCUT2D eigenvalue weighted by atomic mass is 10.2. The molecule has 0 radical (unpaired) electrons. The first kappa shape index (κ1) is 13.5. The van der Waals surface area contributed by atoms with E-state index < -0.39 is 0 Å². The van der Waals surface area contributed by atoms with Crippen molar-refractivity contribution in [2.24, 2.45) is 0 Å². The van der Waals surface area contributed by atoms with Crippen molar-refractivity contribution in [3.63, 3.8) is 0 Å². The molecule has 0 amide bonds. The summed E-state index contributed by atoms with van der Waals surface area (Å²) in [5, 5.41) is 0.819. The zero-order valence-corrected chi connectivity index (χ0v) is 12.2. The highest BCUT2D eigenvalue weighted by atomic mass is 32.2. The standard InChI is InChI=1S/C15H14N4OS/c1-20-9-4-2-5-10(8-9)21-12-7-3-6-11-13(12)14(16)19-15(17)18-11/h2-8H,1H3,(H4,16,17,18,19). The Morgan fingerprint density at radius 2 is 1.86 bits per heavy atom. The fourth-order valence-electron chi connectivity index (χ4n) is 2.07. The second kappa shape index (κ2) is 5.49. The molecule has 0 spiro atoms. The van der Waals surface area contributed by atoms with Crippen LogP contribution in [-0.4, -0.2) is 17.1 Å². The van der Waals surface area contributed by atoms with Gasteiger partial charge in [0.05, 0.1) is 18.0 Å². The number of aromatic nitrogens is 2. The molecule has 0 aliphatic rings. The molecule has 0 fully saturated rings. The van der Waals surface area contributed by atoms with Crippen LogP contribution in [0.15, 0.2) is 52.3 Å². The maximum Gasteiger partial charge on any atom is 0.222 e. The minimum Gasteiger partial charge on any atom is -0.497 e. The summed E-state index contributed by atoms with van der Waals surface area (Å²) in [6.45, 7) is 0. The molecule has 0 saturated carbocycles. The highest BCUT2D eigenvalue weighted by Gasteiger charge is 2.10. The van der Waals surface area contributed by atoms with Crippen molar-refractivity contribution in [2.75, 3.05) is 18.6 Å². The van der Waals surface area contributed by atoms with E-state index in [-0.39, 0.29) is 5.95 Å². The third kappa shape index (κ3) is 2.71. The SMILES string of the molecule is COc1cccc(Sc2cccc3nc(N)nc(N)c23)c1. The largest absolute Gasteiger partial charge is 0.497 e. The van der Waals surface area contributed by atoms with Crippen LogP contribution in [0.2, 0.25) is 0 Å². The molecule has 3 aromatic rings. The van der Waals surface area contributed by atoms with Gasteiger partial charge in [-0.3, -0.25) is 0 Å². The fourth-order valence-corrected chi connectivity index (χ4v) is 3.11. The summed E-state index contributed by atoms with van der Waals surface area (Å²) >= 11 is 1.59. The van der Waals surface area contributed by atoms with Gasteiger partial charge in [-0.1, -0.05) is 23.9 Å².